The Morgan fingerprint density at radius 3 is 2.58 bits per heavy atom. The van der Waals surface area contributed by atoms with Crippen molar-refractivity contribution in [2.75, 3.05) is 7.11 Å². The van der Waals surface area contributed by atoms with E-state index < -0.39 is 0 Å². The van der Waals surface area contributed by atoms with Crippen molar-refractivity contribution in [3.63, 3.8) is 0 Å². The van der Waals surface area contributed by atoms with E-state index in [1.807, 2.05) is 13.0 Å². The first kappa shape index (κ1) is 12.5. The van der Waals surface area contributed by atoms with Gasteiger partial charge in [-0.15, -0.1) is 29.8 Å². The molecule has 0 amide bonds. The van der Waals surface area contributed by atoms with Crippen molar-refractivity contribution in [1.29, 1.82) is 0 Å². The van der Waals surface area contributed by atoms with Crippen LogP contribution >= 0.6 is 0 Å². The Bertz CT molecular complexity index is 254. The summed E-state index contributed by atoms with van der Waals surface area (Å²) in [5.74, 6) is -0.343. The summed E-state index contributed by atoms with van der Waals surface area (Å²) in [6.07, 6.45) is 0. The van der Waals surface area contributed by atoms with E-state index >= 15 is 0 Å². The van der Waals surface area contributed by atoms with Crippen LogP contribution in [-0.2, 0) is 4.74 Å². The monoisotopic (exact) mass is 234 g/mol. The molecular weight excluding hydrogens is 226 g/mol. The Balaban J connectivity index is 0.00000121. The van der Waals surface area contributed by atoms with Gasteiger partial charge in [-0.2, -0.15) is 0 Å². The smallest absolute Gasteiger partial charge is 0.509 e. The molecule has 0 unspecified atom stereocenters. The Morgan fingerprint density at radius 2 is 2.17 bits per heavy atom. The van der Waals surface area contributed by atoms with E-state index in [2.05, 4.69) is 10.8 Å². The van der Waals surface area contributed by atoms with Gasteiger partial charge >= 0.3 is 58.2 Å². The summed E-state index contributed by atoms with van der Waals surface area (Å²) in [4.78, 5) is 10.9. The maximum atomic E-state index is 10.9. The van der Waals surface area contributed by atoms with Gasteiger partial charge in [0.05, 0.1) is 7.11 Å². The molecular formula is C9H9O2Rb. The largest absolute Gasteiger partial charge is 1.00 e. The zero-order valence-corrected chi connectivity index (χ0v) is 12.5. The number of rotatable bonds is 1. The quantitative estimate of drug-likeness (QED) is 0.441. The van der Waals surface area contributed by atoms with E-state index in [9.17, 15) is 4.79 Å². The number of hydrogen-bond acceptors (Lipinski definition) is 2. The minimum atomic E-state index is -0.343. The van der Waals surface area contributed by atoms with Crippen LogP contribution in [0.25, 0.3) is 0 Å². The maximum absolute atomic E-state index is 10.9. The SMILES string of the molecule is COC(=O)c1[c-]cc(C)cc1.[Rb+]. The molecule has 0 saturated heterocycles. The Hall–Kier alpha value is 0.495. The molecule has 0 aromatic heterocycles. The van der Waals surface area contributed by atoms with Crippen LogP contribution in [0.1, 0.15) is 15.9 Å². The average molecular weight is 235 g/mol. The van der Waals surface area contributed by atoms with Gasteiger partial charge in [-0.05, 0) is 0 Å². The second-order valence-electron chi connectivity index (χ2n) is 2.27. The molecule has 1 aromatic rings. The van der Waals surface area contributed by atoms with Crippen LogP contribution in [0, 0.1) is 13.0 Å². The van der Waals surface area contributed by atoms with Gasteiger partial charge in [0, 0.05) is 0 Å². The van der Waals surface area contributed by atoms with Crippen molar-refractivity contribution in [1.82, 2.24) is 0 Å². The van der Waals surface area contributed by atoms with E-state index in [0.717, 1.165) is 5.56 Å². The van der Waals surface area contributed by atoms with Crippen LogP contribution in [0.15, 0.2) is 18.2 Å². The molecule has 1 rings (SSSR count). The van der Waals surface area contributed by atoms with Gasteiger partial charge in [0.2, 0.25) is 5.97 Å². The zero-order chi connectivity index (χ0) is 8.27. The van der Waals surface area contributed by atoms with Crippen molar-refractivity contribution in [3.05, 3.63) is 35.4 Å². The molecule has 12 heavy (non-hydrogen) atoms. The van der Waals surface area contributed by atoms with Gasteiger partial charge in [0.15, 0.2) is 0 Å². The Morgan fingerprint density at radius 1 is 1.50 bits per heavy atom. The summed E-state index contributed by atoms with van der Waals surface area (Å²) >= 11 is 0. The van der Waals surface area contributed by atoms with Crippen LogP contribution < -0.4 is 58.2 Å². The molecule has 1 aromatic carbocycles. The minimum absolute atomic E-state index is 0. The molecule has 3 heteroatoms. The molecule has 0 heterocycles. The van der Waals surface area contributed by atoms with E-state index in [-0.39, 0.29) is 64.2 Å². The third-order valence-electron chi connectivity index (χ3n) is 1.37. The van der Waals surface area contributed by atoms with E-state index in [1.165, 1.54) is 7.11 Å². The summed E-state index contributed by atoms with van der Waals surface area (Å²) in [5, 5.41) is 0. The van der Waals surface area contributed by atoms with Gasteiger partial charge in [-0.1, -0.05) is 12.5 Å². The molecule has 0 aliphatic rings. The van der Waals surface area contributed by atoms with Crippen LogP contribution in [0.4, 0.5) is 0 Å². The Kier molecular flexibility index (Phi) is 6.27. The van der Waals surface area contributed by atoms with Gasteiger partial charge < -0.3 is 9.53 Å². The van der Waals surface area contributed by atoms with Crippen LogP contribution in [-0.4, -0.2) is 13.1 Å². The van der Waals surface area contributed by atoms with Crippen molar-refractivity contribution in [3.8, 4) is 0 Å². The van der Waals surface area contributed by atoms with Crippen molar-refractivity contribution in [2.45, 2.75) is 6.92 Å². The molecule has 0 aliphatic heterocycles. The zero-order valence-electron chi connectivity index (χ0n) is 7.55. The topological polar surface area (TPSA) is 26.3 Å². The summed E-state index contributed by atoms with van der Waals surface area (Å²) in [7, 11) is 1.36. The van der Waals surface area contributed by atoms with Gasteiger partial charge in [-0.3, -0.25) is 0 Å². The summed E-state index contributed by atoms with van der Waals surface area (Å²) in [5.41, 5.74) is 1.55. The van der Waals surface area contributed by atoms with Crippen LogP contribution in [0.5, 0.6) is 0 Å². The first-order chi connectivity index (χ1) is 5.24. The average Bonchev–Trinajstić information content (AvgIpc) is 2.05. The fourth-order valence-electron chi connectivity index (χ4n) is 0.740. The number of carbonyl (C=O) groups is 1. The third-order valence-corrected chi connectivity index (χ3v) is 1.37. The molecule has 0 atom stereocenters. The standard InChI is InChI=1S/C9H9O2.Rb/c1-7-3-5-8(6-4-7)9(10)11-2;/h3-5H,1-2H3;/q-1;+1. The van der Waals surface area contributed by atoms with Gasteiger partial charge in [0.1, 0.15) is 0 Å². The fraction of sp³-hybridized carbons (Fsp3) is 0.222. The number of benzene rings is 1. The van der Waals surface area contributed by atoms with Crippen molar-refractivity contribution in [2.24, 2.45) is 0 Å². The molecule has 0 radical (unpaired) electrons. The molecule has 58 valence electrons. The van der Waals surface area contributed by atoms with Crippen LogP contribution in [0.3, 0.4) is 0 Å². The molecule has 0 saturated carbocycles. The second-order valence-corrected chi connectivity index (χ2v) is 2.27. The summed E-state index contributed by atoms with van der Waals surface area (Å²) in [6.45, 7) is 1.94. The van der Waals surface area contributed by atoms with Crippen LogP contribution in [0.2, 0.25) is 0 Å². The number of ether oxygens (including phenoxy) is 1. The Labute approximate surface area is 121 Å². The number of aryl methyl sites for hydroxylation is 1. The summed E-state index contributed by atoms with van der Waals surface area (Å²) in [6, 6.07) is 8.11. The number of methoxy groups -OCH3 is 1. The van der Waals surface area contributed by atoms with Gasteiger partial charge in [-0.25, -0.2) is 0 Å². The molecule has 0 N–H and O–H groups in total. The normalized spacial score (nSPS) is 8.50. The second kappa shape index (κ2) is 6.03. The van der Waals surface area contributed by atoms with Gasteiger partial charge in [0.25, 0.3) is 0 Å². The number of carbonyl (C=O) groups excluding carboxylic acids is 1. The number of esters is 1. The van der Waals surface area contributed by atoms with E-state index in [0.29, 0.717) is 5.56 Å². The predicted molar refractivity (Wildman–Crippen MR) is 41.4 cm³/mol. The van der Waals surface area contributed by atoms with E-state index in [1.54, 1.807) is 12.1 Å². The van der Waals surface area contributed by atoms with Crippen molar-refractivity contribution >= 4 is 5.97 Å². The third kappa shape index (κ3) is 3.48. The molecule has 0 aliphatic carbocycles. The van der Waals surface area contributed by atoms with Crippen molar-refractivity contribution < 1.29 is 67.7 Å². The van der Waals surface area contributed by atoms with E-state index in [4.69, 9.17) is 0 Å². The first-order valence-corrected chi connectivity index (χ1v) is 3.30. The molecule has 0 bridgehead atoms. The molecule has 0 spiro atoms. The minimum Gasteiger partial charge on any atom is -0.509 e. The predicted octanol–water partition coefficient (Wildman–Crippen LogP) is -1.41. The molecule has 2 nitrogen and oxygen atoms in total. The maximum Gasteiger partial charge on any atom is 1.00 e. The first-order valence-electron chi connectivity index (χ1n) is 3.30. The summed E-state index contributed by atoms with van der Waals surface area (Å²) < 4.78 is 4.51. The fourth-order valence-corrected chi connectivity index (χ4v) is 0.740. The molecule has 0 fully saturated rings. The number of hydrogen-bond donors (Lipinski definition) is 0.